The van der Waals surface area contributed by atoms with Crippen molar-refractivity contribution in [3.8, 4) is 17.2 Å². The molecule has 0 unspecified atom stereocenters. The molecule has 0 bridgehead atoms. The van der Waals surface area contributed by atoms with Gasteiger partial charge in [-0.25, -0.2) is 13.8 Å². The summed E-state index contributed by atoms with van der Waals surface area (Å²) >= 11 is 0. The minimum absolute atomic E-state index is 0.0972. The average Bonchev–Trinajstić information content (AvgIpc) is 3.66. The Labute approximate surface area is 227 Å². The SMILES string of the molecule is N#Cc1ccc(F)c(-c2ccc(C(=C3CCN(CC4CC4)CC3)c3nc4cc(F)c(C(F)(F)F)cc4[nH]3)cc2)c1. The number of nitrogens with zero attached hydrogens (tertiary/aromatic N) is 3. The molecule has 4 aromatic rings. The fourth-order valence-corrected chi connectivity index (χ4v) is 5.43. The van der Waals surface area contributed by atoms with E-state index in [0.717, 1.165) is 67.2 Å². The van der Waals surface area contributed by atoms with Crippen molar-refractivity contribution in [1.29, 1.82) is 5.26 Å². The third kappa shape index (κ3) is 5.24. The van der Waals surface area contributed by atoms with Crippen LogP contribution in [0.1, 0.15) is 48.2 Å². The van der Waals surface area contributed by atoms with Gasteiger partial charge >= 0.3 is 6.18 Å². The van der Waals surface area contributed by atoms with Gasteiger partial charge in [-0.05, 0) is 67.0 Å². The highest BCUT2D eigenvalue weighted by molar-refractivity contribution is 5.86. The van der Waals surface area contributed by atoms with Gasteiger partial charge < -0.3 is 9.88 Å². The summed E-state index contributed by atoms with van der Waals surface area (Å²) in [7, 11) is 0. The first-order valence-electron chi connectivity index (χ1n) is 13.2. The predicted molar refractivity (Wildman–Crippen MR) is 142 cm³/mol. The molecule has 1 aliphatic heterocycles. The Bertz CT molecular complexity index is 1650. The van der Waals surface area contributed by atoms with Gasteiger partial charge in [-0.3, -0.25) is 0 Å². The van der Waals surface area contributed by atoms with Crippen LogP contribution in [0, 0.1) is 28.9 Å². The summed E-state index contributed by atoms with van der Waals surface area (Å²) in [5.74, 6) is -0.685. The predicted octanol–water partition coefficient (Wildman–Crippen LogP) is 7.71. The summed E-state index contributed by atoms with van der Waals surface area (Å²) in [6.07, 6.45) is -0.759. The molecular formula is C31H25F5N4. The monoisotopic (exact) mass is 548 g/mol. The first-order valence-corrected chi connectivity index (χ1v) is 13.2. The Balaban J connectivity index is 1.41. The van der Waals surface area contributed by atoms with Gasteiger partial charge in [0, 0.05) is 36.8 Å². The standard InChI is InChI=1S/C31H25F5N4/c32-25-8-3-19(16-37)13-23(25)20-4-6-21(7-5-20)29(22-9-11-40(12-10-22)17-18-1-2-18)30-38-27-14-24(31(34,35)36)26(33)15-28(27)39-30/h3-8,13-15,18H,1-2,9-12,17H2,(H,38,39). The van der Waals surface area contributed by atoms with Crippen LogP contribution in [-0.4, -0.2) is 34.5 Å². The number of nitrogens with one attached hydrogen (secondary N) is 1. The third-order valence-corrected chi connectivity index (χ3v) is 7.72. The Morgan fingerprint density at radius 1 is 0.975 bits per heavy atom. The van der Waals surface area contributed by atoms with Crippen LogP contribution >= 0.6 is 0 Å². The molecule has 1 aromatic heterocycles. The van der Waals surface area contributed by atoms with Gasteiger partial charge in [-0.2, -0.15) is 18.4 Å². The molecule has 0 amide bonds. The van der Waals surface area contributed by atoms with Crippen LogP contribution in [0.5, 0.6) is 0 Å². The van der Waals surface area contributed by atoms with Crippen LogP contribution in [0.25, 0.3) is 27.7 Å². The summed E-state index contributed by atoms with van der Waals surface area (Å²) in [5, 5.41) is 9.22. The molecule has 4 nitrogen and oxygen atoms in total. The fraction of sp³-hybridized carbons (Fsp3) is 0.290. The molecule has 1 saturated heterocycles. The minimum Gasteiger partial charge on any atom is -0.338 e. The quantitative estimate of drug-likeness (QED) is 0.260. The number of benzene rings is 3. The van der Waals surface area contributed by atoms with E-state index >= 15 is 0 Å². The van der Waals surface area contributed by atoms with E-state index in [-0.39, 0.29) is 11.0 Å². The molecule has 2 aliphatic rings. The Kier molecular flexibility index (Phi) is 6.67. The smallest absolute Gasteiger partial charge is 0.338 e. The Morgan fingerprint density at radius 2 is 1.70 bits per heavy atom. The first kappa shape index (κ1) is 26.2. The normalized spacial score (nSPS) is 16.4. The molecule has 0 radical (unpaired) electrons. The zero-order chi connectivity index (χ0) is 28.0. The number of imidazole rings is 1. The van der Waals surface area contributed by atoms with Crippen LogP contribution in [0.2, 0.25) is 0 Å². The number of nitriles is 1. The van der Waals surface area contributed by atoms with Crippen molar-refractivity contribution < 1.29 is 22.0 Å². The molecule has 2 fully saturated rings. The van der Waals surface area contributed by atoms with Gasteiger partial charge in [0.2, 0.25) is 0 Å². The molecule has 1 aliphatic carbocycles. The van der Waals surface area contributed by atoms with Crippen molar-refractivity contribution in [1.82, 2.24) is 14.9 Å². The van der Waals surface area contributed by atoms with Crippen molar-refractivity contribution >= 4 is 16.6 Å². The number of H-pyrrole nitrogens is 1. The van der Waals surface area contributed by atoms with E-state index in [4.69, 9.17) is 0 Å². The highest BCUT2D eigenvalue weighted by atomic mass is 19.4. The van der Waals surface area contributed by atoms with E-state index in [0.29, 0.717) is 22.5 Å². The summed E-state index contributed by atoms with van der Waals surface area (Å²) in [6.45, 7) is 2.81. The highest BCUT2D eigenvalue weighted by Crippen LogP contribution is 2.37. The number of fused-ring (bicyclic) bond motifs is 1. The lowest BCUT2D eigenvalue weighted by Gasteiger charge is -2.29. The van der Waals surface area contributed by atoms with Crippen molar-refractivity contribution in [3.05, 3.63) is 94.3 Å². The van der Waals surface area contributed by atoms with Crippen molar-refractivity contribution in [2.24, 2.45) is 5.92 Å². The number of aromatic nitrogens is 2. The van der Waals surface area contributed by atoms with E-state index < -0.39 is 23.4 Å². The molecule has 40 heavy (non-hydrogen) atoms. The number of halogens is 5. The van der Waals surface area contributed by atoms with Crippen LogP contribution in [0.3, 0.4) is 0 Å². The second-order valence-electron chi connectivity index (χ2n) is 10.5. The third-order valence-electron chi connectivity index (χ3n) is 7.72. The van der Waals surface area contributed by atoms with Crippen molar-refractivity contribution in [2.75, 3.05) is 19.6 Å². The van der Waals surface area contributed by atoms with E-state index in [9.17, 15) is 27.2 Å². The fourth-order valence-electron chi connectivity index (χ4n) is 5.43. The van der Waals surface area contributed by atoms with Crippen LogP contribution in [0.4, 0.5) is 22.0 Å². The number of rotatable bonds is 5. The maximum atomic E-state index is 14.6. The van der Waals surface area contributed by atoms with Crippen LogP contribution in [0.15, 0.2) is 60.2 Å². The lowest BCUT2D eigenvalue weighted by atomic mass is 9.91. The molecule has 9 heteroatoms. The molecule has 1 saturated carbocycles. The summed E-state index contributed by atoms with van der Waals surface area (Å²) in [4.78, 5) is 9.96. The van der Waals surface area contributed by atoms with Crippen molar-refractivity contribution in [3.63, 3.8) is 0 Å². The molecule has 1 N–H and O–H groups in total. The molecule has 0 spiro atoms. The number of aromatic amines is 1. The first-order chi connectivity index (χ1) is 19.2. The van der Waals surface area contributed by atoms with E-state index in [1.54, 1.807) is 12.1 Å². The van der Waals surface area contributed by atoms with Gasteiger partial charge in [0.25, 0.3) is 0 Å². The second-order valence-corrected chi connectivity index (χ2v) is 10.5. The zero-order valence-electron chi connectivity index (χ0n) is 21.5. The van der Waals surface area contributed by atoms with Gasteiger partial charge in [-0.15, -0.1) is 0 Å². The molecule has 0 atom stereocenters. The molecule has 6 rings (SSSR count). The molecule has 3 aromatic carbocycles. The van der Waals surface area contributed by atoms with Crippen LogP contribution in [-0.2, 0) is 6.18 Å². The zero-order valence-corrected chi connectivity index (χ0v) is 21.5. The number of piperidine rings is 1. The highest BCUT2D eigenvalue weighted by Gasteiger charge is 2.35. The number of hydrogen-bond acceptors (Lipinski definition) is 3. The topological polar surface area (TPSA) is 55.7 Å². The van der Waals surface area contributed by atoms with Gasteiger partial charge in [0.15, 0.2) is 0 Å². The molecular weight excluding hydrogens is 523 g/mol. The second kappa shape index (κ2) is 10.2. The largest absolute Gasteiger partial charge is 0.419 e. The number of alkyl halides is 3. The molecule has 2 heterocycles. The Hall–Kier alpha value is -4.03. The number of likely N-dealkylation sites (tertiary alicyclic amines) is 1. The van der Waals surface area contributed by atoms with E-state index in [1.165, 1.54) is 31.0 Å². The Morgan fingerprint density at radius 3 is 2.35 bits per heavy atom. The van der Waals surface area contributed by atoms with Gasteiger partial charge in [-0.1, -0.05) is 29.8 Å². The molecule has 204 valence electrons. The maximum absolute atomic E-state index is 14.6. The lowest BCUT2D eigenvalue weighted by Crippen LogP contribution is -2.32. The van der Waals surface area contributed by atoms with Crippen molar-refractivity contribution in [2.45, 2.75) is 31.9 Å². The summed E-state index contributed by atoms with van der Waals surface area (Å²) in [6, 6.07) is 14.9. The average molecular weight is 549 g/mol. The van der Waals surface area contributed by atoms with Gasteiger partial charge in [0.1, 0.15) is 17.5 Å². The maximum Gasteiger partial charge on any atom is 0.419 e. The van der Waals surface area contributed by atoms with Gasteiger partial charge in [0.05, 0.1) is 28.2 Å². The number of hydrogen-bond donors (Lipinski definition) is 1. The summed E-state index contributed by atoms with van der Waals surface area (Å²) < 4.78 is 68.9. The lowest BCUT2D eigenvalue weighted by molar-refractivity contribution is -0.139. The minimum atomic E-state index is -4.83. The van der Waals surface area contributed by atoms with Crippen LogP contribution < -0.4 is 0 Å². The van der Waals surface area contributed by atoms with E-state index in [1.807, 2.05) is 18.2 Å². The van der Waals surface area contributed by atoms with E-state index in [2.05, 4.69) is 14.9 Å². The summed E-state index contributed by atoms with van der Waals surface area (Å²) in [5.41, 5.74) is 2.72.